The molecule has 0 aliphatic rings. The van der Waals surface area contributed by atoms with Gasteiger partial charge < -0.3 is 18.6 Å². The van der Waals surface area contributed by atoms with Crippen LogP contribution in [0, 0.1) is 0 Å². The lowest BCUT2D eigenvalue weighted by Crippen LogP contribution is -2.13. The zero-order chi connectivity index (χ0) is 20.8. The van der Waals surface area contributed by atoms with Crippen molar-refractivity contribution in [3.8, 4) is 17.2 Å². The molecule has 1 aromatic heterocycles. The molecule has 0 N–H and O–H groups in total. The van der Waals surface area contributed by atoms with Crippen LogP contribution >= 0.6 is 0 Å². The minimum atomic E-state index is -0.669. The number of hydrogen-bond donors (Lipinski definition) is 0. The van der Waals surface area contributed by atoms with Gasteiger partial charge >= 0.3 is 5.63 Å². The highest BCUT2D eigenvalue weighted by atomic mass is 16.5. The van der Waals surface area contributed by atoms with Gasteiger partial charge in [0.25, 0.3) is 0 Å². The smallest absolute Gasteiger partial charge is 0.347 e. The maximum absolute atomic E-state index is 12.6. The van der Waals surface area contributed by atoms with Gasteiger partial charge in [-0.15, -0.1) is 0 Å². The van der Waals surface area contributed by atoms with Crippen LogP contribution in [-0.4, -0.2) is 27.1 Å². The van der Waals surface area contributed by atoms with Crippen molar-refractivity contribution < 1.29 is 23.4 Å². The highest BCUT2D eigenvalue weighted by Crippen LogP contribution is 2.31. The highest BCUT2D eigenvalue weighted by molar-refractivity contribution is 5.99. The summed E-state index contributed by atoms with van der Waals surface area (Å²) in [5, 5.41) is 0.546. The van der Waals surface area contributed by atoms with Crippen molar-refractivity contribution in [2.24, 2.45) is 0 Å². The Morgan fingerprint density at radius 2 is 1.69 bits per heavy atom. The summed E-state index contributed by atoms with van der Waals surface area (Å²) >= 11 is 0. The number of hydrogen-bond acceptors (Lipinski definition) is 6. The molecule has 0 aliphatic heterocycles. The molecule has 0 saturated heterocycles. The van der Waals surface area contributed by atoms with E-state index in [4.69, 9.17) is 18.6 Å². The normalized spacial score (nSPS) is 11.0. The first-order valence-corrected chi connectivity index (χ1v) is 9.09. The first kappa shape index (κ1) is 20.2. The molecule has 0 saturated carbocycles. The number of rotatable bonds is 8. The van der Waals surface area contributed by atoms with Crippen LogP contribution in [0.15, 0.2) is 57.8 Å². The van der Waals surface area contributed by atoms with Gasteiger partial charge in [-0.05, 0) is 30.2 Å². The summed E-state index contributed by atoms with van der Waals surface area (Å²) in [4.78, 5) is 24.8. The SMILES string of the molecule is COc1ccc(C=CCCC(=O)c2cc3c(OC)cc(OC)cc3oc2=O)cc1. The van der Waals surface area contributed by atoms with Gasteiger partial charge in [0.2, 0.25) is 0 Å². The zero-order valence-corrected chi connectivity index (χ0v) is 16.6. The number of ether oxygens (including phenoxy) is 3. The monoisotopic (exact) mass is 394 g/mol. The molecule has 3 rings (SSSR count). The second kappa shape index (κ2) is 9.10. The topological polar surface area (TPSA) is 75.0 Å². The first-order chi connectivity index (χ1) is 14.0. The van der Waals surface area contributed by atoms with Gasteiger partial charge in [-0.1, -0.05) is 24.3 Å². The number of benzene rings is 2. The van der Waals surface area contributed by atoms with E-state index in [1.807, 2.05) is 36.4 Å². The van der Waals surface area contributed by atoms with Gasteiger partial charge in [0.05, 0.1) is 26.7 Å². The molecule has 3 aromatic rings. The van der Waals surface area contributed by atoms with Crippen LogP contribution in [0.4, 0.5) is 0 Å². The van der Waals surface area contributed by atoms with Gasteiger partial charge in [-0.2, -0.15) is 0 Å². The van der Waals surface area contributed by atoms with Gasteiger partial charge in [0.1, 0.15) is 28.4 Å². The van der Waals surface area contributed by atoms with Crippen LogP contribution in [0.2, 0.25) is 0 Å². The molecule has 6 nitrogen and oxygen atoms in total. The lowest BCUT2D eigenvalue weighted by Gasteiger charge is -2.08. The molecule has 0 spiro atoms. The van der Waals surface area contributed by atoms with Crippen molar-refractivity contribution >= 4 is 22.8 Å². The van der Waals surface area contributed by atoms with Crippen LogP contribution in [0.5, 0.6) is 17.2 Å². The molecule has 2 aromatic carbocycles. The molecular formula is C23H22O6. The Bertz CT molecular complexity index is 1090. The largest absolute Gasteiger partial charge is 0.497 e. The summed E-state index contributed by atoms with van der Waals surface area (Å²) in [5.74, 6) is 1.48. The average Bonchev–Trinajstić information content (AvgIpc) is 2.75. The number of fused-ring (bicyclic) bond motifs is 1. The summed E-state index contributed by atoms with van der Waals surface area (Å²) in [6.07, 6.45) is 4.52. The van der Waals surface area contributed by atoms with Gasteiger partial charge in [0.15, 0.2) is 5.78 Å². The zero-order valence-electron chi connectivity index (χ0n) is 16.6. The molecule has 0 unspecified atom stereocenters. The van der Waals surface area contributed by atoms with Crippen molar-refractivity contribution in [2.45, 2.75) is 12.8 Å². The third-order valence-electron chi connectivity index (χ3n) is 4.51. The quantitative estimate of drug-likeness (QED) is 0.414. The first-order valence-electron chi connectivity index (χ1n) is 9.09. The molecular weight excluding hydrogens is 372 g/mol. The summed E-state index contributed by atoms with van der Waals surface area (Å²) < 4.78 is 21.0. The molecule has 0 bridgehead atoms. The molecule has 0 aliphatic carbocycles. The van der Waals surface area contributed by atoms with Crippen molar-refractivity contribution in [3.05, 3.63) is 70.1 Å². The van der Waals surface area contributed by atoms with Gasteiger partial charge in [-0.25, -0.2) is 4.79 Å². The van der Waals surface area contributed by atoms with Gasteiger partial charge in [-0.3, -0.25) is 4.79 Å². The second-order valence-corrected chi connectivity index (χ2v) is 6.33. The Balaban J connectivity index is 1.75. The molecule has 1 heterocycles. The Morgan fingerprint density at radius 3 is 2.34 bits per heavy atom. The number of carbonyl (C=O) groups excluding carboxylic acids is 1. The minimum Gasteiger partial charge on any atom is -0.497 e. The van der Waals surface area contributed by atoms with Crippen LogP contribution in [0.25, 0.3) is 17.0 Å². The summed E-state index contributed by atoms with van der Waals surface area (Å²) in [6, 6.07) is 12.4. The molecule has 0 fully saturated rings. The number of methoxy groups -OCH3 is 3. The third-order valence-corrected chi connectivity index (χ3v) is 4.51. The van der Waals surface area contributed by atoms with E-state index in [1.54, 1.807) is 19.2 Å². The summed E-state index contributed by atoms with van der Waals surface area (Å²) in [5.41, 5.74) is 0.653. The minimum absolute atomic E-state index is 0.0128. The standard InChI is InChI=1S/C23H22O6/c1-26-16-10-8-15(9-11-16)6-4-5-7-20(24)18-14-19-21(28-3)12-17(27-2)13-22(19)29-23(18)25/h4,6,8-14H,5,7H2,1-3H3. The summed E-state index contributed by atoms with van der Waals surface area (Å²) in [6.45, 7) is 0. The van der Waals surface area contributed by atoms with E-state index >= 15 is 0 Å². The molecule has 6 heteroatoms. The maximum atomic E-state index is 12.6. The van der Waals surface area contributed by atoms with E-state index in [9.17, 15) is 9.59 Å². The fourth-order valence-corrected chi connectivity index (χ4v) is 2.93. The van der Waals surface area contributed by atoms with Crippen molar-refractivity contribution in [2.75, 3.05) is 21.3 Å². The van der Waals surface area contributed by atoms with E-state index in [0.29, 0.717) is 28.9 Å². The molecule has 150 valence electrons. The number of carbonyl (C=O) groups is 1. The fourth-order valence-electron chi connectivity index (χ4n) is 2.93. The average molecular weight is 394 g/mol. The Morgan fingerprint density at radius 1 is 0.966 bits per heavy atom. The fraction of sp³-hybridized carbons (Fsp3) is 0.217. The maximum Gasteiger partial charge on any atom is 0.347 e. The highest BCUT2D eigenvalue weighted by Gasteiger charge is 2.16. The van der Waals surface area contributed by atoms with E-state index in [-0.39, 0.29) is 17.8 Å². The van der Waals surface area contributed by atoms with Crippen molar-refractivity contribution in [1.82, 2.24) is 0 Å². The lowest BCUT2D eigenvalue weighted by molar-refractivity contribution is 0.0980. The second-order valence-electron chi connectivity index (χ2n) is 6.33. The van der Waals surface area contributed by atoms with Crippen LogP contribution in [-0.2, 0) is 0 Å². The summed E-state index contributed by atoms with van der Waals surface area (Å²) in [7, 11) is 4.63. The van der Waals surface area contributed by atoms with E-state index < -0.39 is 5.63 Å². The van der Waals surface area contributed by atoms with Crippen LogP contribution in [0.3, 0.4) is 0 Å². The van der Waals surface area contributed by atoms with Crippen molar-refractivity contribution in [1.29, 1.82) is 0 Å². The van der Waals surface area contributed by atoms with Crippen LogP contribution in [0.1, 0.15) is 28.8 Å². The van der Waals surface area contributed by atoms with Crippen LogP contribution < -0.4 is 19.8 Å². The Hall–Kier alpha value is -3.54. The molecule has 0 atom stereocenters. The lowest BCUT2D eigenvalue weighted by atomic mass is 10.1. The number of Topliss-reactive ketones (excluding diaryl/α,β-unsaturated/α-hetero) is 1. The molecule has 0 amide bonds. The Labute approximate surface area is 168 Å². The van der Waals surface area contributed by atoms with E-state index in [1.165, 1.54) is 20.3 Å². The van der Waals surface area contributed by atoms with E-state index in [2.05, 4.69) is 0 Å². The van der Waals surface area contributed by atoms with Crippen molar-refractivity contribution in [3.63, 3.8) is 0 Å². The molecule has 0 radical (unpaired) electrons. The number of allylic oxidation sites excluding steroid dienone is 1. The Kier molecular flexibility index (Phi) is 6.34. The number of ketones is 1. The molecule has 29 heavy (non-hydrogen) atoms. The van der Waals surface area contributed by atoms with E-state index in [0.717, 1.165) is 11.3 Å². The van der Waals surface area contributed by atoms with Gasteiger partial charge in [0, 0.05) is 18.6 Å². The third kappa shape index (κ3) is 4.66. The predicted octanol–water partition coefficient (Wildman–Crippen LogP) is 4.50. The predicted molar refractivity (Wildman–Crippen MR) is 111 cm³/mol.